The van der Waals surface area contributed by atoms with E-state index in [4.69, 9.17) is 14.2 Å². The fourth-order valence-electron chi connectivity index (χ4n) is 3.87. The lowest BCUT2D eigenvalue weighted by Gasteiger charge is -2.18. The normalized spacial score (nSPS) is 11.9. The second-order valence-electron chi connectivity index (χ2n) is 10.1. The van der Waals surface area contributed by atoms with Crippen molar-refractivity contribution in [3.63, 3.8) is 0 Å². The van der Waals surface area contributed by atoms with E-state index >= 15 is 0 Å². The van der Waals surface area contributed by atoms with Crippen LogP contribution in [0.25, 0.3) is 0 Å². The Morgan fingerprint density at radius 2 is 0.944 bits per heavy atom. The molecule has 7 heteroatoms. The van der Waals surface area contributed by atoms with Crippen molar-refractivity contribution >= 4 is 17.9 Å². The molecule has 0 saturated carbocycles. The molecular weight excluding hydrogens is 458 g/mol. The SMILES string of the molecule is CCCCCCCCCC(=O)OC[C@H](COC(=O)CCCN(C)C)OC(=O)CCCCCCCCC. The van der Waals surface area contributed by atoms with Crippen LogP contribution in [0.15, 0.2) is 0 Å². The monoisotopic (exact) mass is 513 g/mol. The number of nitrogens with zero attached hydrogens (tertiary/aromatic N) is 1. The number of rotatable bonds is 25. The van der Waals surface area contributed by atoms with Crippen LogP contribution in [0.3, 0.4) is 0 Å². The Morgan fingerprint density at radius 1 is 0.556 bits per heavy atom. The van der Waals surface area contributed by atoms with E-state index in [2.05, 4.69) is 13.8 Å². The minimum absolute atomic E-state index is 0.0803. The zero-order valence-electron chi connectivity index (χ0n) is 23.8. The van der Waals surface area contributed by atoms with E-state index in [0.29, 0.717) is 25.7 Å². The van der Waals surface area contributed by atoms with Gasteiger partial charge in [0.05, 0.1) is 0 Å². The van der Waals surface area contributed by atoms with Crippen LogP contribution in [0.5, 0.6) is 0 Å². The Hall–Kier alpha value is -1.63. The molecule has 1 atom stereocenters. The summed E-state index contributed by atoms with van der Waals surface area (Å²) < 4.78 is 16.2. The fourth-order valence-corrected chi connectivity index (χ4v) is 3.87. The maximum Gasteiger partial charge on any atom is 0.306 e. The molecule has 0 saturated heterocycles. The first-order valence-electron chi connectivity index (χ1n) is 14.5. The quantitative estimate of drug-likeness (QED) is 0.0772. The zero-order valence-corrected chi connectivity index (χ0v) is 23.8. The number of unbranched alkanes of at least 4 members (excludes halogenated alkanes) is 12. The molecule has 0 aromatic rings. The molecular formula is C29H55NO6. The molecule has 0 spiro atoms. The number of carbonyl (C=O) groups excluding carboxylic acids is 3. The van der Waals surface area contributed by atoms with Crippen molar-refractivity contribution < 1.29 is 28.6 Å². The molecule has 0 aliphatic heterocycles. The van der Waals surface area contributed by atoms with Gasteiger partial charge < -0.3 is 19.1 Å². The van der Waals surface area contributed by atoms with E-state index in [1.54, 1.807) is 0 Å². The molecule has 0 aromatic carbocycles. The van der Waals surface area contributed by atoms with E-state index in [0.717, 1.165) is 45.1 Å². The molecule has 0 unspecified atom stereocenters. The third-order valence-corrected chi connectivity index (χ3v) is 6.11. The lowest BCUT2D eigenvalue weighted by molar-refractivity contribution is -0.167. The first-order valence-corrected chi connectivity index (χ1v) is 14.5. The van der Waals surface area contributed by atoms with Crippen molar-refractivity contribution in [1.29, 1.82) is 0 Å². The van der Waals surface area contributed by atoms with Crippen LogP contribution in [0.4, 0.5) is 0 Å². The average Bonchev–Trinajstić information content (AvgIpc) is 2.84. The molecule has 7 nitrogen and oxygen atoms in total. The molecule has 0 fully saturated rings. The summed E-state index contributed by atoms with van der Waals surface area (Å²) >= 11 is 0. The second kappa shape index (κ2) is 25.0. The van der Waals surface area contributed by atoms with E-state index in [-0.39, 0.29) is 31.1 Å². The van der Waals surface area contributed by atoms with Crippen LogP contribution in [0.2, 0.25) is 0 Å². The Bertz CT molecular complexity index is 552. The Balaban J connectivity index is 4.36. The summed E-state index contributed by atoms with van der Waals surface area (Å²) in [5.74, 6) is -0.964. The van der Waals surface area contributed by atoms with Gasteiger partial charge in [0.1, 0.15) is 13.2 Å². The summed E-state index contributed by atoms with van der Waals surface area (Å²) in [6.45, 7) is 5.02. The van der Waals surface area contributed by atoms with Gasteiger partial charge in [-0.25, -0.2) is 0 Å². The van der Waals surface area contributed by atoms with Crippen molar-refractivity contribution in [3.8, 4) is 0 Å². The summed E-state index contributed by atoms with van der Waals surface area (Å²) in [6, 6.07) is 0. The number of ether oxygens (including phenoxy) is 3. The maximum atomic E-state index is 12.3. The lowest BCUT2D eigenvalue weighted by Crippen LogP contribution is -2.31. The van der Waals surface area contributed by atoms with Crippen LogP contribution in [0.1, 0.15) is 129 Å². The van der Waals surface area contributed by atoms with E-state index in [9.17, 15) is 14.4 Å². The van der Waals surface area contributed by atoms with Gasteiger partial charge in [-0.1, -0.05) is 90.9 Å². The van der Waals surface area contributed by atoms with Gasteiger partial charge in [-0.15, -0.1) is 0 Å². The fraction of sp³-hybridized carbons (Fsp3) is 0.897. The highest BCUT2D eigenvalue weighted by Gasteiger charge is 2.19. The van der Waals surface area contributed by atoms with Crippen LogP contribution in [0, 0.1) is 0 Å². The summed E-state index contributed by atoms with van der Waals surface area (Å²) in [6.07, 6.45) is 16.6. The van der Waals surface area contributed by atoms with Gasteiger partial charge in [-0.05, 0) is 39.9 Å². The van der Waals surface area contributed by atoms with Crippen LogP contribution < -0.4 is 0 Å². The van der Waals surface area contributed by atoms with Gasteiger partial charge >= 0.3 is 17.9 Å². The molecule has 0 bridgehead atoms. The Kier molecular flexibility index (Phi) is 23.9. The van der Waals surface area contributed by atoms with Crippen LogP contribution >= 0.6 is 0 Å². The van der Waals surface area contributed by atoms with Gasteiger partial charge in [0.25, 0.3) is 0 Å². The Morgan fingerprint density at radius 3 is 1.39 bits per heavy atom. The highest BCUT2D eigenvalue weighted by molar-refractivity contribution is 5.71. The molecule has 0 amide bonds. The van der Waals surface area contributed by atoms with Crippen molar-refractivity contribution in [3.05, 3.63) is 0 Å². The van der Waals surface area contributed by atoms with Gasteiger partial charge in [0.2, 0.25) is 0 Å². The highest BCUT2D eigenvalue weighted by Crippen LogP contribution is 2.11. The molecule has 0 aliphatic carbocycles. The first-order chi connectivity index (χ1) is 17.4. The molecule has 0 rings (SSSR count). The van der Waals surface area contributed by atoms with Crippen molar-refractivity contribution in [2.24, 2.45) is 0 Å². The van der Waals surface area contributed by atoms with Crippen LogP contribution in [-0.4, -0.2) is 62.8 Å². The summed E-state index contributed by atoms with van der Waals surface area (Å²) in [7, 11) is 3.90. The van der Waals surface area contributed by atoms with Crippen molar-refractivity contribution in [1.82, 2.24) is 4.90 Å². The van der Waals surface area contributed by atoms with Gasteiger partial charge in [-0.2, -0.15) is 0 Å². The third kappa shape index (κ3) is 24.1. The van der Waals surface area contributed by atoms with E-state index in [1.807, 2.05) is 19.0 Å². The number of carbonyl (C=O) groups is 3. The molecule has 0 aliphatic rings. The first kappa shape index (κ1) is 34.4. The minimum Gasteiger partial charge on any atom is -0.462 e. The smallest absolute Gasteiger partial charge is 0.306 e. The van der Waals surface area contributed by atoms with Crippen molar-refractivity contribution in [2.75, 3.05) is 33.9 Å². The summed E-state index contributed by atoms with van der Waals surface area (Å²) in [5.41, 5.74) is 0. The zero-order chi connectivity index (χ0) is 26.9. The predicted octanol–water partition coefficient (Wildman–Crippen LogP) is 6.61. The number of hydrogen-bond acceptors (Lipinski definition) is 7. The minimum atomic E-state index is -0.766. The number of esters is 3. The molecule has 0 aromatic heterocycles. The molecule has 36 heavy (non-hydrogen) atoms. The van der Waals surface area contributed by atoms with Gasteiger partial charge in [0.15, 0.2) is 6.10 Å². The largest absolute Gasteiger partial charge is 0.462 e. The predicted molar refractivity (Wildman–Crippen MR) is 145 cm³/mol. The summed E-state index contributed by atoms with van der Waals surface area (Å²) in [5, 5.41) is 0. The molecule has 212 valence electrons. The lowest BCUT2D eigenvalue weighted by atomic mass is 10.1. The average molecular weight is 514 g/mol. The number of hydrogen-bond donors (Lipinski definition) is 0. The highest BCUT2D eigenvalue weighted by atomic mass is 16.6. The Labute approximate surface area is 221 Å². The van der Waals surface area contributed by atoms with Crippen LogP contribution in [-0.2, 0) is 28.6 Å². The molecule has 0 radical (unpaired) electrons. The maximum absolute atomic E-state index is 12.3. The van der Waals surface area contributed by atoms with E-state index < -0.39 is 6.10 Å². The third-order valence-electron chi connectivity index (χ3n) is 6.11. The van der Waals surface area contributed by atoms with Crippen molar-refractivity contribution in [2.45, 2.75) is 136 Å². The standard InChI is InChI=1S/C29H55NO6/c1-5-7-9-11-13-15-17-20-27(31)34-24-26(25-35-28(32)22-19-23-30(3)4)36-29(33)21-18-16-14-12-10-8-6-2/h26H,5-25H2,1-4H3/t26-/m1/s1. The topological polar surface area (TPSA) is 82.1 Å². The van der Waals surface area contributed by atoms with E-state index in [1.165, 1.54) is 51.4 Å². The van der Waals surface area contributed by atoms with Gasteiger partial charge in [0, 0.05) is 19.3 Å². The van der Waals surface area contributed by atoms with Gasteiger partial charge in [-0.3, -0.25) is 14.4 Å². The molecule has 0 heterocycles. The second-order valence-corrected chi connectivity index (χ2v) is 10.1. The molecule has 0 N–H and O–H groups in total. The summed E-state index contributed by atoms with van der Waals surface area (Å²) in [4.78, 5) is 38.5.